The minimum Gasteiger partial charge on any atom is -0.497 e. The lowest BCUT2D eigenvalue weighted by Gasteiger charge is -2.32. The van der Waals surface area contributed by atoms with Crippen LogP contribution in [0, 0.1) is 0 Å². The number of amides is 2. The quantitative estimate of drug-likeness (QED) is 0.436. The van der Waals surface area contributed by atoms with Crippen LogP contribution in [0.2, 0.25) is 0 Å². The molecule has 2 aliphatic heterocycles. The van der Waals surface area contributed by atoms with E-state index in [9.17, 15) is 9.59 Å². The number of thioether (sulfide) groups is 1. The highest BCUT2D eigenvalue weighted by atomic mass is 32.2. The SMILES string of the molecule is CCOc1ccc(NC(=O)C2CC(=O)N(Cc3ccc4c(c3)OCO4)C(=Nc3ccc(OC)cc3)S2)cc1. The van der Waals surface area contributed by atoms with Crippen LogP contribution in [0.1, 0.15) is 18.9 Å². The van der Waals surface area contributed by atoms with Gasteiger partial charge in [0.2, 0.25) is 18.6 Å². The molecule has 0 aliphatic carbocycles. The molecule has 0 aromatic heterocycles. The predicted molar refractivity (Wildman–Crippen MR) is 145 cm³/mol. The van der Waals surface area contributed by atoms with Crippen LogP contribution in [-0.4, -0.2) is 47.6 Å². The molecule has 10 heteroatoms. The van der Waals surface area contributed by atoms with Gasteiger partial charge in [0.25, 0.3) is 0 Å². The number of ether oxygens (including phenoxy) is 4. The average Bonchev–Trinajstić information content (AvgIpc) is 3.40. The van der Waals surface area contributed by atoms with Crippen molar-refractivity contribution in [1.29, 1.82) is 0 Å². The summed E-state index contributed by atoms with van der Waals surface area (Å²) in [7, 11) is 1.59. The number of hydrogen-bond donors (Lipinski definition) is 1. The third-order valence-corrected chi connectivity index (χ3v) is 7.13. The number of anilines is 1. The van der Waals surface area contributed by atoms with Gasteiger partial charge in [0.15, 0.2) is 16.7 Å². The monoisotopic (exact) mass is 533 g/mol. The molecule has 2 heterocycles. The molecule has 1 saturated heterocycles. The Morgan fingerprint density at radius 1 is 1.05 bits per heavy atom. The molecule has 1 N–H and O–H groups in total. The van der Waals surface area contributed by atoms with Gasteiger partial charge >= 0.3 is 0 Å². The second kappa shape index (κ2) is 11.5. The van der Waals surface area contributed by atoms with Crippen molar-refractivity contribution in [3.63, 3.8) is 0 Å². The molecule has 0 radical (unpaired) electrons. The first-order valence-electron chi connectivity index (χ1n) is 12.1. The molecule has 2 aliphatic rings. The molecule has 0 spiro atoms. The fraction of sp³-hybridized carbons (Fsp3) is 0.250. The molecular formula is C28H27N3O6S. The molecule has 1 fully saturated rings. The summed E-state index contributed by atoms with van der Waals surface area (Å²) in [5.74, 6) is 2.28. The van der Waals surface area contributed by atoms with E-state index in [0.717, 1.165) is 11.3 Å². The van der Waals surface area contributed by atoms with E-state index in [4.69, 9.17) is 23.9 Å². The molecule has 1 unspecified atom stereocenters. The van der Waals surface area contributed by atoms with E-state index < -0.39 is 5.25 Å². The fourth-order valence-electron chi connectivity index (χ4n) is 4.01. The number of carbonyl (C=O) groups excluding carboxylic acids is 2. The van der Waals surface area contributed by atoms with Crippen molar-refractivity contribution in [3.05, 3.63) is 72.3 Å². The zero-order valence-electron chi connectivity index (χ0n) is 21.0. The van der Waals surface area contributed by atoms with E-state index in [1.54, 1.807) is 60.5 Å². The van der Waals surface area contributed by atoms with Gasteiger partial charge in [-0.05, 0) is 73.2 Å². The molecule has 2 amide bonds. The van der Waals surface area contributed by atoms with Crippen molar-refractivity contribution in [3.8, 4) is 23.0 Å². The molecular weight excluding hydrogens is 506 g/mol. The van der Waals surface area contributed by atoms with Crippen molar-refractivity contribution < 1.29 is 28.5 Å². The van der Waals surface area contributed by atoms with Gasteiger partial charge in [0, 0.05) is 12.1 Å². The topological polar surface area (TPSA) is 98.7 Å². The maximum atomic E-state index is 13.4. The Labute approximate surface area is 224 Å². The van der Waals surface area contributed by atoms with Gasteiger partial charge in [-0.15, -0.1) is 0 Å². The van der Waals surface area contributed by atoms with E-state index in [1.807, 2.05) is 25.1 Å². The zero-order chi connectivity index (χ0) is 26.5. The smallest absolute Gasteiger partial charge is 0.238 e. The van der Waals surface area contributed by atoms with Crippen molar-refractivity contribution in [1.82, 2.24) is 4.90 Å². The van der Waals surface area contributed by atoms with E-state index in [0.29, 0.717) is 40.4 Å². The molecule has 3 aromatic rings. The van der Waals surface area contributed by atoms with Gasteiger partial charge in [-0.3, -0.25) is 14.5 Å². The Balaban J connectivity index is 1.37. The van der Waals surface area contributed by atoms with Gasteiger partial charge in [-0.1, -0.05) is 17.8 Å². The Morgan fingerprint density at radius 2 is 1.79 bits per heavy atom. The molecule has 0 bridgehead atoms. The number of amidine groups is 1. The van der Waals surface area contributed by atoms with Gasteiger partial charge in [-0.25, -0.2) is 4.99 Å². The summed E-state index contributed by atoms with van der Waals surface area (Å²) in [6.45, 7) is 2.93. The predicted octanol–water partition coefficient (Wildman–Crippen LogP) is 4.98. The molecule has 1 atom stereocenters. The Morgan fingerprint density at radius 3 is 2.53 bits per heavy atom. The lowest BCUT2D eigenvalue weighted by atomic mass is 10.1. The van der Waals surface area contributed by atoms with Gasteiger partial charge in [-0.2, -0.15) is 0 Å². The highest BCUT2D eigenvalue weighted by Gasteiger charge is 2.36. The number of rotatable bonds is 8. The van der Waals surface area contributed by atoms with Crippen LogP contribution in [0.3, 0.4) is 0 Å². The van der Waals surface area contributed by atoms with Crippen LogP contribution in [0.15, 0.2) is 71.7 Å². The normalized spacial score (nSPS) is 17.4. The van der Waals surface area contributed by atoms with E-state index in [1.165, 1.54) is 11.8 Å². The number of carbonyl (C=O) groups is 2. The second-order valence-electron chi connectivity index (χ2n) is 8.52. The van der Waals surface area contributed by atoms with Crippen LogP contribution < -0.4 is 24.3 Å². The maximum absolute atomic E-state index is 13.4. The summed E-state index contributed by atoms with van der Waals surface area (Å²) in [4.78, 5) is 32.9. The van der Waals surface area contributed by atoms with E-state index >= 15 is 0 Å². The standard InChI is InChI=1S/C28H27N3O6S/c1-3-35-22-11-7-19(8-12-22)29-27(33)25-15-26(32)31(16-18-4-13-23-24(14-18)37-17-36-23)28(38-25)30-20-5-9-21(34-2)10-6-20/h4-14,25H,3,15-17H2,1-2H3,(H,29,33). The number of benzene rings is 3. The van der Waals surface area contributed by atoms with Crippen LogP contribution in [0.5, 0.6) is 23.0 Å². The molecule has 38 heavy (non-hydrogen) atoms. The molecule has 196 valence electrons. The number of methoxy groups -OCH3 is 1. The summed E-state index contributed by atoms with van der Waals surface area (Å²) in [5, 5.41) is 2.71. The van der Waals surface area contributed by atoms with Crippen LogP contribution >= 0.6 is 11.8 Å². The van der Waals surface area contributed by atoms with Crippen molar-refractivity contribution >= 4 is 40.1 Å². The van der Waals surface area contributed by atoms with Crippen molar-refractivity contribution in [2.45, 2.75) is 25.1 Å². The Kier molecular flexibility index (Phi) is 7.69. The highest BCUT2D eigenvalue weighted by Crippen LogP contribution is 2.35. The van der Waals surface area contributed by atoms with Gasteiger partial charge in [0.1, 0.15) is 16.7 Å². The Bertz CT molecular complexity index is 1340. The Hall–Kier alpha value is -4.18. The highest BCUT2D eigenvalue weighted by molar-refractivity contribution is 8.15. The van der Waals surface area contributed by atoms with Gasteiger partial charge < -0.3 is 24.3 Å². The zero-order valence-corrected chi connectivity index (χ0v) is 21.8. The number of nitrogens with one attached hydrogen (secondary N) is 1. The van der Waals surface area contributed by atoms with E-state index in [-0.39, 0.29) is 31.6 Å². The minimum atomic E-state index is -0.640. The number of hydrogen-bond acceptors (Lipinski definition) is 8. The number of aliphatic imine (C=N–C) groups is 1. The van der Waals surface area contributed by atoms with Crippen molar-refractivity contribution in [2.75, 3.05) is 25.8 Å². The summed E-state index contributed by atoms with van der Waals surface area (Å²) in [6, 6.07) is 19.9. The molecule has 5 rings (SSSR count). The summed E-state index contributed by atoms with van der Waals surface area (Å²) in [6.07, 6.45) is 0.0414. The fourth-order valence-corrected chi connectivity index (χ4v) is 5.11. The van der Waals surface area contributed by atoms with Crippen molar-refractivity contribution in [2.24, 2.45) is 4.99 Å². The third kappa shape index (κ3) is 5.86. The first kappa shape index (κ1) is 25.5. The second-order valence-corrected chi connectivity index (χ2v) is 9.69. The lowest BCUT2D eigenvalue weighted by molar-refractivity contribution is -0.129. The minimum absolute atomic E-state index is 0.0414. The molecule has 9 nitrogen and oxygen atoms in total. The van der Waals surface area contributed by atoms with Crippen LogP contribution in [0.4, 0.5) is 11.4 Å². The third-order valence-electron chi connectivity index (χ3n) is 5.94. The van der Waals surface area contributed by atoms with Crippen LogP contribution in [0.25, 0.3) is 0 Å². The largest absolute Gasteiger partial charge is 0.497 e. The molecule has 0 saturated carbocycles. The maximum Gasteiger partial charge on any atom is 0.238 e. The van der Waals surface area contributed by atoms with Crippen LogP contribution in [-0.2, 0) is 16.1 Å². The van der Waals surface area contributed by atoms with E-state index in [2.05, 4.69) is 5.32 Å². The number of nitrogens with zero attached hydrogens (tertiary/aromatic N) is 2. The lowest BCUT2D eigenvalue weighted by Crippen LogP contribution is -2.44. The summed E-state index contributed by atoms with van der Waals surface area (Å²) in [5.41, 5.74) is 2.13. The first-order valence-corrected chi connectivity index (χ1v) is 13.0. The summed E-state index contributed by atoms with van der Waals surface area (Å²) >= 11 is 1.26. The average molecular weight is 534 g/mol. The van der Waals surface area contributed by atoms with Gasteiger partial charge in [0.05, 0.1) is 25.9 Å². The molecule has 3 aromatic carbocycles. The summed E-state index contributed by atoms with van der Waals surface area (Å²) < 4.78 is 21.6. The first-order chi connectivity index (χ1) is 18.5. The number of fused-ring (bicyclic) bond motifs is 1.